The molecule has 1 aliphatic heterocycles. The molecule has 23 heavy (non-hydrogen) atoms. The van der Waals surface area contributed by atoms with Gasteiger partial charge in [0.25, 0.3) is 0 Å². The first-order chi connectivity index (χ1) is 10.6. The lowest BCUT2D eigenvalue weighted by Gasteiger charge is -2.33. The highest BCUT2D eigenvalue weighted by molar-refractivity contribution is 14.0. The second-order valence-corrected chi connectivity index (χ2v) is 5.90. The molecule has 1 unspecified atom stereocenters. The van der Waals surface area contributed by atoms with Crippen molar-refractivity contribution < 1.29 is 4.74 Å². The number of nitrogens with one attached hydrogen (secondary N) is 1. The number of ether oxygens (including phenoxy) is 1. The smallest absolute Gasteiger partial charge is 0.193 e. The number of rotatable bonds is 5. The Bertz CT molecular complexity index is 491. The maximum Gasteiger partial charge on any atom is 0.193 e. The third-order valence-electron chi connectivity index (χ3n) is 4.21. The molecule has 1 atom stereocenters. The van der Waals surface area contributed by atoms with Crippen molar-refractivity contribution in [3.63, 3.8) is 0 Å². The highest BCUT2D eigenvalue weighted by atomic mass is 127. The van der Waals surface area contributed by atoms with Gasteiger partial charge >= 0.3 is 0 Å². The topological polar surface area (TPSA) is 45.0 Å². The molecule has 1 N–H and O–H groups in total. The third kappa shape index (κ3) is 5.96. The van der Waals surface area contributed by atoms with Crippen molar-refractivity contribution in [3.8, 4) is 0 Å². The Balaban J connectivity index is 0.00000264. The molecule has 7 heteroatoms. The maximum atomic E-state index is 5.47. The second kappa shape index (κ2) is 10.1. The number of aryl methyl sites for hydroxylation is 1. The Hall–Kier alpha value is -0.800. The minimum atomic E-state index is 0. The molecule has 0 saturated carbocycles. The zero-order valence-electron chi connectivity index (χ0n) is 14.7. The number of halogens is 1. The molecule has 1 aromatic heterocycles. The van der Waals surface area contributed by atoms with Crippen LogP contribution >= 0.6 is 24.0 Å². The summed E-state index contributed by atoms with van der Waals surface area (Å²) in [5, 5.41) is 3.45. The molecule has 0 radical (unpaired) electrons. The van der Waals surface area contributed by atoms with E-state index in [1.54, 1.807) is 0 Å². The van der Waals surface area contributed by atoms with Gasteiger partial charge in [-0.15, -0.1) is 24.0 Å². The molecule has 2 rings (SSSR count). The lowest BCUT2D eigenvalue weighted by molar-refractivity contribution is 0.000832. The molecule has 1 saturated heterocycles. The Morgan fingerprint density at radius 1 is 1.52 bits per heavy atom. The number of nitrogens with zero attached hydrogens (tertiary/aromatic N) is 4. The summed E-state index contributed by atoms with van der Waals surface area (Å²) in [7, 11) is 5.97. The van der Waals surface area contributed by atoms with Crippen LogP contribution < -0.4 is 5.32 Å². The van der Waals surface area contributed by atoms with E-state index in [2.05, 4.69) is 64.0 Å². The fraction of sp³-hybridized carbons (Fsp3) is 0.688. The number of guanidine groups is 1. The van der Waals surface area contributed by atoms with Gasteiger partial charge in [0.05, 0.1) is 19.8 Å². The molecule has 1 aromatic rings. The lowest BCUT2D eigenvalue weighted by Crippen LogP contribution is -2.48. The van der Waals surface area contributed by atoms with Crippen LogP contribution in [0.4, 0.5) is 0 Å². The SMILES string of the molecule is CN=C(NCCN1CCOCC1C)N(C)Cc1cccn1C.I. The van der Waals surface area contributed by atoms with E-state index >= 15 is 0 Å². The van der Waals surface area contributed by atoms with Crippen LogP contribution in [0.2, 0.25) is 0 Å². The standard InChI is InChI=1S/C16H29N5O.HI/c1-14-13-22-11-10-21(14)9-7-18-16(17-2)20(4)12-15-6-5-8-19(15)3;/h5-6,8,14H,7,9-13H2,1-4H3,(H,17,18);1H. The lowest BCUT2D eigenvalue weighted by atomic mass is 10.2. The zero-order valence-corrected chi connectivity index (χ0v) is 17.0. The van der Waals surface area contributed by atoms with Crippen LogP contribution in [0.3, 0.4) is 0 Å². The average molecular weight is 435 g/mol. The summed E-state index contributed by atoms with van der Waals surface area (Å²) in [5.74, 6) is 0.933. The Morgan fingerprint density at radius 3 is 2.91 bits per heavy atom. The number of morpholine rings is 1. The van der Waals surface area contributed by atoms with Crippen LogP contribution in [-0.2, 0) is 18.3 Å². The molecule has 2 heterocycles. The molecule has 132 valence electrons. The molecular formula is C16H30IN5O. The monoisotopic (exact) mass is 435 g/mol. The van der Waals surface area contributed by atoms with Gasteiger partial charge in [0, 0.05) is 58.7 Å². The minimum Gasteiger partial charge on any atom is -0.379 e. The van der Waals surface area contributed by atoms with E-state index in [0.29, 0.717) is 6.04 Å². The third-order valence-corrected chi connectivity index (χ3v) is 4.21. The summed E-state index contributed by atoms with van der Waals surface area (Å²) in [5.41, 5.74) is 1.27. The number of aromatic nitrogens is 1. The molecule has 1 aliphatic rings. The van der Waals surface area contributed by atoms with E-state index in [9.17, 15) is 0 Å². The predicted molar refractivity (Wildman–Crippen MR) is 106 cm³/mol. The second-order valence-electron chi connectivity index (χ2n) is 5.90. The van der Waals surface area contributed by atoms with E-state index in [0.717, 1.165) is 45.4 Å². The molecule has 0 bridgehead atoms. The molecule has 0 amide bonds. The van der Waals surface area contributed by atoms with Crippen LogP contribution in [-0.4, -0.2) is 73.3 Å². The fourth-order valence-corrected chi connectivity index (χ4v) is 2.77. The van der Waals surface area contributed by atoms with E-state index in [1.807, 2.05) is 7.05 Å². The minimum absolute atomic E-state index is 0. The summed E-state index contributed by atoms with van der Waals surface area (Å²) in [6, 6.07) is 4.71. The average Bonchev–Trinajstić information content (AvgIpc) is 2.90. The molecule has 0 spiro atoms. The van der Waals surface area contributed by atoms with Crippen molar-refractivity contribution in [2.75, 3.05) is 46.9 Å². The van der Waals surface area contributed by atoms with Gasteiger partial charge < -0.3 is 19.5 Å². The largest absolute Gasteiger partial charge is 0.379 e. The van der Waals surface area contributed by atoms with Gasteiger partial charge in [0.15, 0.2) is 5.96 Å². The van der Waals surface area contributed by atoms with E-state index < -0.39 is 0 Å². The van der Waals surface area contributed by atoms with Crippen molar-refractivity contribution in [1.29, 1.82) is 0 Å². The van der Waals surface area contributed by atoms with E-state index in [1.165, 1.54) is 5.69 Å². The van der Waals surface area contributed by atoms with Crippen molar-refractivity contribution in [1.82, 2.24) is 19.7 Å². The molecule has 1 fully saturated rings. The maximum absolute atomic E-state index is 5.47. The zero-order chi connectivity index (χ0) is 15.9. The van der Waals surface area contributed by atoms with Crippen LogP contribution in [0, 0.1) is 0 Å². The van der Waals surface area contributed by atoms with E-state index in [-0.39, 0.29) is 24.0 Å². The molecule has 6 nitrogen and oxygen atoms in total. The van der Waals surface area contributed by atoms with Gasteiger partial charge in [-0.1, -0.05) is 0 Å². The fourth-order valence-electron chi connectivity index (χ4n) is 2.77. The Morgan fingerprint density at radius 2 is 2.30 bits per heavy atom. The molecule has 0 aliphatic carbocycles. The van der Waals surface area contributed by atoms with Crippen molar-refractivity contribution >= 4 is 29.9 Å². The van der Waals surface area contributed by atoms with Gasteiger partial charge in [0.1, 0.15) is 0 Å². The molecular weight excluding hydrogens is 405 g/mol. The predicted octanol–water partition coefficient (Wildman–Crippen LogP) is 1.37. The first kappa shape index (κ1) is 20.2. The van der Waals surface area contributed by atoms with Gasteiger partial charge in [-0.3, -0.25) is 9.89 Å². The Kier molecular flexibility index (Phi) is 8.93. The van der Waals surface area contributed by atoms with E-state index in [4.69, 9.17) is 4.74 Å². The number of aliphatic imine (C=N–C) groups is 1. The molecule has 0 aromatic carbocycles. The van der Waals surface area contributed by atoms with Gasteiger partial charge in [-0.05, 0) is 19.1 Å². The first-order valence-corrected chi connectivity index (χ1v) is 7.95. The summed E-state index contributed by atoms with van der Waals surface area (Å²) in [6.07, 6.45) is 2.07. The summed E-state index contributed by atoms with van der Waals surface area (Å²) >= 11 is 0. The number of hydrogen-bond acceptors (Lipinski definition) is 3. The summed E-state index contributed by atoms with van der Waals surface area (Å²) in [4.78, 5) is 8.99. The van der Waals surface area contributed by atoms with Gasteiger partial charge in [-0.25, -0.2) is 0 Å². The first-order valence-electron chi connectivity index (χ1n) is 7.95. The van der Waals surface area contributed by atoms with Crippen LogP contribution in [0.5, 0.6) is 0 Å². The van der Waals surface area contributed by atoms with Crippen molar-refractivity contribution in [3.05, 3.63) is 24.0 Å². The normalized spacial score (nSPS) is 19.3. The number of hydrogen-bond donors (Lipinski definition) is 1. The van der Waals surface area contributed by atoms with Crippen molar-refractivity contribution in [2.45, 2.75) is 19.5 Å². The van der Waals surface area contributed by atoms with Gasteiger partial charge in [0.2, 0.25) is 0 Å². The Labute approximate surface area is 156 Å². The summed E-state index contributed by atoms with van der Waals surface area (Å²) < 4.78 is 7.61. The highest BCUT2D eigenvalue weighted by Crippen LogP contribution is 2.05. The van der Waals surface area contributed by atoms with Crippen LogP contribution in [0.25, 0.3) is 0 Å². The van der Waals surface area contributed by atoms with Crippen LogP contribution in [0.1, 0.15) is 12.6 Å². The van der Waals surface area contributed by atoms with Crippen LogP contribution in [0.15, 0.2) is 23.3 Å². The summed E-state index contributed by atoms with van der Waals surface area (Å²) in [6.45, 7) is 7.66. The highest BCUT2D eigenvalue weighted by Gasteiger charge is 2.18. The quantitative estimate of drug-likeness (QED) is 0.431. The van der Waals surface area contributed by atoms with Crippen molar-refractivity contribution in [2.24, 2.45) is 12.0 Å². The van der Waals surface area contributed by atoms with Gasteiger partial charge in [-0.2, -0.15) is 0 Å².